The zero-order valence-corrected chi connectivity index (χ0v) is 14.5. The summed E-state index contributed by atoms with van der Waals surface area (Å²) in [6.45, 7) is 3.07. The van der Waals surface area contributed by atoms with Gasteiger partial charge in [-0.1, -0.05) is 23.7 Å². The zero-order valence-electron chi connectivity index (χ0n) is 12.9. The minimum atomic E-state index is -3.01. The number of amides is 1. The molecule has 1 saturated heterocycles. The Bertz CT molecular complexity index is 705. The van der Waals surface area contributed by atoms with Crippen LogP contribution in [0.15, 0.2) is 18.2 Å². The molecule has 1 amide bonds. The number of hydrogen-bond donors (Lipinski definition) is 1. The summed E-state index contributed by atoms with van der Waals surface area (Å²) in [6, 6.07) is 5.98. The highest BCUT2D eigenvalue weighted by molar-refractivity contribution is 7.91. The molecule has 1 aromatic rings. The van der Waals surface area contributed by atoms with E-state index in [4.69, 9.17) is 11.6 Å². The molecule has 5 nitrogen and oxygen atoms in total. The molecule has 0 bridgehead atoms. The minimum Gasteiger partial charge on any atom is -0.355 e. The molecule has 3 rings (SSSR count). The average molecular weight is 357 g/mol. The van der Waals surface area contributed by atoms with Crippen LogP contribution in [0.3, 0.4) is 0 Å². The number of nitrogens with one attached hydrogen (secondary N) is 1. The number of carbonyl (C=O) groups excluding carboxylic acids is 1. The van der Waals surface area contributed by atoms with E-state index in [0.717, 1.165) is 31.1 Å². The lowest BCUT2D eigenvalue weighted by Crippen LogP contribution is -2.40. The number of carbonyl (C=O) groups is 1. The Morgan fingerprint density at radius 1 is 1.39 bits per heavy atom. The van der Waals surface area contributed by atoms with Crippen molar-refractivity contribution in [3.63, 3.8) is 0 Å². The summed E-state index contributed by atoms with van der Waals surface area (Å²) in [6.07, 6.45) is 1.37. The minimum absolute atomic E-state index is 0.00553. The second kappa shape index (κ2) is 6.79. The highest BCUT2D eigenvalue weighted by Gasteiger charge is 2.32. The Hall–Kier alpha value is -1.11. The normalized spacial score (nSPS) is 23.4. The maximum atomic E-state index is 12.0. The summed E-state index contributed by atoms with van der Waals surface area (Å²) in [5.74, 6) is -0.379. The van der Waals surface area contributed by atoms with Crippen molar-refractivity contribution in [1.82, 2.24) is 10.2 Å². The van der Waals surface area contributed by atoms with E-state index < -0.39 is 9.84 Å². The van der Waals surface area contributed by atoms with Crippen molar-refractivity contribution in [3.05, 3.63) is 34.3 Å². The topological polar surface area (TPSA) is 66.5 Å². The van der Waals surface area contributed by atoms with E-state index in [2.05, 4.69) is 16.3 Å². The standard InChI is InChI=1S/C16H21ClN2O3S/c17-15-3-1-2-12-10-19(7-4-14(12)15)8-6-18-16(20)13-5-9-23(21,22)11-13/h1-3,13H,4-11H2,(H,18,20). The fourth-order valence-electron chi connectivity index (χ4n) is 3.30. The molecule has 0 aromatic heterocycles. The molecule has 23 heavy (non-hydrogen) atoms. The predicted octanol–water partition coefficient (Wildman–Crippen LogP) is 1.25. The van der Waals surface area contributed by atoms with Crippen molar-refractivity contribution in [2.24, 2.45) is 5.92 Å². The lowest BCUT2D eigenvalue weighted by atomic mass is 10.00. The van der Waals surface area contributed by atoms with Crippen LogP contribution >= 0.6 is 11.6 Å². The maximum Gasteiger partial charge on any atom is 0.224 e. The van der Waals surface area contributed by atoms with E-state index in [1.54, 1.807) is 0 Å². The van der Waals surface area contributed by atoms with E-state index in [1.165, 1.54) is 11.1 Å². The first-order valence-corrected chi connectivity index (χ1v) is 10.1. The largest absolute Gasteiger partial charge is 0.355 e. The lowest BCUT2D eigenvalue weighted by molar-refractivity contribution is -0.124. The third kappa shape index (κ3) is 4.05. The molecule has 0 spiro atoms. The molecule has 1 aromatic carbocycles. The third-order valence-corrected chi connectivity index (χ3v) is 6.74. The Morgan fingerprint density at radius 2 is 2.22 bits per heavy atom. The van der Waals surface area contributed by atoms with Gasteiger partial charge in [0, 0.05) is 31.2 Å². The smallest absolute Gasteiger partial charge is 0.224 e. The first kappa shape index (κ1) is 16.7. The van der Waals surface area contributed by atoms with Gasteiger partial charge in [-0.05, 0) is 30.0 Å². The molecular weight excluding hydrogens is 336 g/mol. The molecule has 0 aliphatic carbocycles. The van der Waals surface area contributed by atoms with Gasteiger partial charge in [-0.25, -0.2) is 8.42 Å². The van der Waals surface area contributed by atoms with Crippen LogP contribution in [-0.4, -0.2) is 50.4 Å². The van der Waals surface area contributed by atoms with Gasteiger partial charge < -0.3 is 5.32 Å². The van der Waals surface area contributed by atoms with Crippen LogP contribution in [0.25, 0.3) is 0 Å². The van der Waals surface area contributed by atoms with Crippen LogP contribution in [0.4, 0.5) is 0 Å². The van der Waals surface area contributed by atoms with Gasteiger partial charge in [-0.3, -0.25) is 9.69 Å². The average Bonchev–Trinajstić information content (AvgIpc) is 2.87. The van der Waals surface area contributed by atoms with E-state index in [-0.39, 0.29) is 23.3 Å². The number of sulfone groups is 1. The summed E-state index contributed by atoms with van der Waals surface area (Å²) < 4.78 is 22.8. The molecule has 1 unspecified atom stereocenters. The number of halogens is 1. The van der Waals surface area contributed by atoms with Crippen molar-refractivity contribution < 1.29 is 13.2 Å². The Kier molecular flexibility index (Phi) is 4.94. The molecule has 0 saturated carbocycles. The fourth-order valence-corrected chi connectivity index (χ4v) is 5.33. The quantitative estimate of drug-likeness (QED) is 0.881. The fraction of sp³-hybridized carbons (Fsp3) is 0.562. The SMILES string of the molecule is O=C(NCCN1CCc2c(Cl)cccc2C1)C1CCS(=O)(=O)C1. The van der Waals surface area contributed by atoms with Crippen LogP contribution in [0.5, 0.6) is 0 Å². The number of rotatable bonds is 4. The molecule has 2 heterocycles. The number of benzene rings is 1. The maximum absolute atomic E-state index is 12.0. The highest BCUT2D eigenvalue weighted by Crippen LogP contribution is 2.25. The monoisotopic (exact) mass is 356 g/mol. The van der Waals surface area contributed by atoms with Crippen molar-refractivity contribution >= 4 is 27.3 Å². The number of nitrogens with zero attached hydrogens (tertiary/aromatic N) is 1. The second-order valence-electron chi connectivity index (χ2n) is 6.29. The molecule has 2 aliphatic heterocycles. The molecule has 0 radical (unpaired) electrons. The first-order valence-electron chi connectivity index (χ1n) is 7.91. The van der Waals surface area contributed by atoms with Gasteiger partial charge in [0.25, 0.3) is 0 Å². The van der Waals surface area contributed by atoms with E-state index in [9.17, 15) is 13.2 Å². The zero-order chi connectivity index (χ0) is 16.4. The highest BCUT2D eigenvalue weighted by atomic mass is 35.5. The Morgan fingerprint density at radius 3 is 2.96 bits per heavy atom. The summed E-state index contributed by atoms with van der Waals surface area (Å²) in [5, 5.41) is 3.71. The second-order valence-corrected chi connectivity index (χ2v) is 8.93. The Labute approximate surface area is 141 Å². The molecule has 1 N–H and O–H groups in total. The molecule has 1 atom stereocenters. The molecule has 1 fully saturated rings. The number of fused-ring (bicyclic) bond motifs is 1. The van der Waals surface area contributed by atoms with Gasteiger partial charge in [0.2, 0.25) is 5.91 Å². The Balaban J connectivity index is 1.46. The van der Waals surface area contributed by atoms with Crippen molar-refractivity contribution in [2.75, 3.05) is 31.1 Å². The summed E-state index contributed by atoms with van der Waals surface area (Å²) in [7, 11) is -3.01. The lowest BCUT2D eigenvalue weighted by Gasteiger charge is -2.29. The van der Waals surface area contributed by atoms with Crippen LogP contribution in [0, 0.1) is 5.92 Å². The van der Waals surface area contributed by atoms with E-state index in [0.29, 0.717) is 13.0 Å². The van der Waals surface area contributed by atoms with Crippen LogP contribution < -0.4 is 5.32 Å². The van der Waals surface area contributed by atoms with Gasteiger partial charge in [0.1, 0.15) is 0 Å². The van der Waals surface area contributed by atoms with Gasteiger partial charge in [-0.15, -0.1) is 0 Å². The van der Waals surface area contributed by atoms with Gasteiger partial charge >= 0.3 is 0 Å². The molecular formula is C16H21ClN2O3S. The third-order valence-electron chi connectivity index (χ3n) is 4.62. The summed E-state index contributed by atoms with van der Waals surface area (Å²) >= 11 is 6.21. The summed E-state index contributed by atoms with van der Waals surface area (Å²) in [4.78, 5) is 14.3. The summed E-state index contributed by atoms with van der Waals surface area (Å²) in [5.41, 5.74) is 2.47. The van der Waals surface area contributed by atoms with Gasteiger partial charge in [-0.2, -0.15) is 0 Å². The van der Waals surface area contributed by atoms with E-state index >= 15 is 0 Å². The first-order chi connectivity index (χ1) is 10.9. The van der Waals surface area contributed by atoms with Crippen molar-refractivity contribution in [2.45, 2.75) is 19.4 Å². The molecule has 126 valence electrons. The van der Waals surface area contributed by atoms with Crippen LogP contribution in [-0.2, 0) is 27.6 Å². The van der Waals surface area contributed by atoms with Crippen LogP contribution in [0.1, 0.15) is 17.5 Å². The predicted molar refractivity (Wildman–Crippen MR) is 90.2 cm³/mol. The van der Waals surface area contributed by atoms with Gasteiger partial charge in [0.15, 0.2) is 9.84 Å². The molecule has 2 aliphatic rings. The van der Waals surface area contributed by atoms with Crippen molar-refractivity contribution in [1.29, 1.82) is 0 Å². The van der Waals surface area contributed by atoms with Crippen molar-refractivity contribution in [3.8, 4) is 0 Å². The van der Waals surface area contributed by atoms with E-state index in [1.807, 2.05) is 12.1 Å². The van der Waals surface area contributed by atoms with Crippen LogP contribution in [0.2, 0.25) is 5.02 Å². The molecule has 7 heteroatoms. The number of hydrogen-bond acceptors (Lipinski definition) is 4. The van der Waals surface area contributed by atoms with Gasteiger partial charge in [0.05, 0.1) is 17.4 Å².